The zero-order chi connectivity index (χ0) is 11.0. The zero-order valence-electron chi connectivity index (χ0n) is 8.71. The van der Waals surface area contributed by atoms with Gasteiger partial charge in [0.15, 0.2) is 0 Å². The number of carbonyl (C=O) groups is 1. The Morgan fingerprint density at radius 3 is 2.80 bits per heavy atom. The van der Waals surface area contributed by atoms with Crippen molar-refractivity contribution >= 4 is 27.5 Å². The number of rotatable bonds is 1. The van der Waals surface area contributed by atoms with Crippen LogP contribution in [-0.2, 0) is 11.2 Å². The van der Waals surface area contributed by atoms with Crippen LogP contribution in [-0.4, -0.2) is 20.1 Å². The molecule has 2 rings (SSSR count). The van der Waals surface area contributed by atoms with Crippen molar-refractivity contribution in [2.45, 2.75) is 12.8 Å². The van der Waals surface area contributed by atoms with E-state index in [0.717, 1.165) is 27.9 Å². The summed E-state index contributed by atoms with van der Waals surface area (Å²) in [5.41, 5.74) is 2.06. The molecular formula is C11H12BrNO2. The fourth-order valence-electron chi connectivity index (χ4n) is 1.90. The summed E-state index contributed by atoms with van der Waals surface area (Å²) in [5, 5.41) is 0. The lowest BCUT2D eigenvalue weighted by Gasteiger charge is -2.27. The van der Waals surface area contributed by atoms with Crippen molar-refractivity contribution in [3.63, 3.8) is 0 Å². The largest absolute Gasteiger partial charge is 0.495 e. The molecule has 0 atom stereocenters. The van der Waals surface area contributed by atoms with Crippen molar-refractivity contribution in [3.8, 4) is 5.75 Å². The minimum absolute atomic E-state index is 0.159. The molecule has 0 spiro atoms. The van der Waals surface area contributed by atoms with Crippen LogP contribution < -0.4 is 9.64 Å². The quantitative estimate of drug-likeness (QED) is 0.784. The average Bonchev–Trinajstić information content (AvgIpc) is 2.23. The van der Waals surface area contributed by atoms with Crippen LogP contribution in [0.1, 0.15) is 12.0 Å². The summed E-state index contributed by atoms with van der Waals surface area (Å²) in [6, 6.07) is 3.85. The number of carbonyl (C=O) groups excluding carboxylic acids is 1. The van der Waals surface area contributed by atoms with Crippen molar-refractivity contribution in [2.24, 2.45) is 0 Å². The Hall–Kier alpha value is -1.03. The van der Waals surface area contributed by atoms with E-state index in [1.54, 1.807) is 19.1 Å². The van der Waals surface area contributed by atoms with Crippen molar-refractivity contribution in [1.29, 1.82) is 0 Å². The molecule has 1 aromatic rings. The standard InChI is InChI=1S/C11H12BrNO2/c1-13-9-5-4-8(12)11(15-2)7(9)3-6-10(13)14/h4-5H,3,6H2,1-2H3. The van der Waals surface area contributed by atoms with E-state index in [4.69, 9.17) is 4.74 Å². The summed E-state index contributed by atoms with van der Waals surface area (Å²) < 4.78 is 6.28. The number of nitrogens with zero attached hydrogens (tertiary/aromatic N) is 1. The summed E-state index contributed by atoms with van der Waals surface area (Å²) in [7, 11) is 3.45. The van der Waals surface area contributed by atoms with Gasteiger partial charge in [0.25, 0.3) is 0 Å². The molecule has 80 valence electrons. The third kappa shape index (κ3) is 1.63. The topological polar surface area (TPSA) is 29.5 Å². The SMILES string of the molecule is COc1c(Br)ccc2c1CCC(=O)N2C. The second-order valence-corrected chi connectivity index (χ2v) is 4.39. The van der Waals surface area contributed by atoms with Gasteiger partial charge >= 0.3 is 0 Å². The number of amides is 1. The van der Waals surface area contributed by atoms with Gasteiger partial charge in [0.1, 0.15) is 5.75 Å². The highest BCUT2D eigenvalue weighted by Gasteiger charge is 2.24. The molecule has 1 heterocycles. The van der Waals surface area contributed by atoms with E-state index < -0.39 is 0 Å². The molecule has 15 heavy (non-hydrogen) atoms. The Labute approximate surface area is 97.2 Å². The van der Waals surface area contributed by atoms with Gasteiger partial charge in [0.2, 0.25) is 5.91 Å². The molecule has 0 aromatic heterocycles. The van der Waals surface area contributed by atoms with E-state index >= 15 is 0 Å². The monoisotopic (exact) mass is 269 g/mol. The smallest absolute Gasteiger partial charge is 0.227 e. The summed E-state index contributed by atoms with van der Waals surface area (Å²) in [5.74, 6) is 0.999. The van der Waals surface area contributed by atoms with E-state index in [2.05, 4.69) is 15.9 Å². The van der Waals surface area contributed by atoms with Gasteiger partial charge in [-0.1, -0.05) is 0 Å². The number of benzene rings is 1. The molecule has 4 heteroatoms. The molecule has 0 unspecified atom stereocenters. The summed E-state index contributed by atoms with van der Waals surface area (Å²) in [6.45, 7) is 0. The van der Waals surface area contributed by atoms with Gasteiger partial charge in [-0.15, -0.1) is 0 Å². The first-order valence-electron chi connectivity index (χ1n) is 4.77. The number of halogens is 1. The fourth-order valence-corrected chi connectivity index (χ4v) is 2.43. The van der Waals surface area contributed by atoms with E-state index in [0.29, 0.717) is 6.42 Å². The first-order valence-corrected chi connectivity index (χ1v) is 5.56. The van der Waals surface area contributed by atoms with Crippen LogP contribution >= 0.6 is 15.9 Å². The second kappa shape index (κ2) is 3.85. The van der Waals surface area contributed by atoms with Crippen LogP contribution in [0.15, 0.2) is 16.6 Å². The molecule has 1 aliphatic rings. The molecular weight excluding hydrogens is 258 g/mol. The molecule has 1 amide bonds. The van der Waals surface area contributed by atoms with Gasteiger partial charge in [-0.2, -0.15) is 0 Å². The maximum Gasteiger partial charge on any atom is 0.227 e. The van der Waals surface area contributed by atoms with Gasteiger partial charge in [-0.05, 0) is 34.5 Å². The minimum atomic E-state index is 0.159. The van der Waals surface area contributed by atoms with Crippen molar-refractivity contribution in [3.05, 3.63) is 22.2 Å². The number of hydrogen-bond donors (Lipinski definition) is 0. The highest BCUT2D eigenvalue weighted by molar-refractivity contribution is 9.10. The lowest BCUT2D eigenvalue weighted by atomic mass is 10.0. The van der Waals surface area contributed by atoms with Crippen molar-refractivity contribution < 1.29 is 9.53 Å². The summed E-state index contributed by atoms with van der Waals surface area (Å²) >= 11 is 3.44. The Kier molecular flexibility index (Phi) is 2.69. The van der Waals surface area contributed by atoms with Crippen molar-refractivity contribution in [1.82, 2.24) is 0 Å². The van der Waals surface area contributed by atoms with E-state index in [1.807, 2.05) is 12.1 Å². The molecule has 3 nitrogen and oxygen atoms in total. The Morgan fingerprint density at radius 1 is 1.40 bits per heavy atom. The van der Waals surface area contributed by atoms with E-state index in [1.165, 1.54) is 0 Å². The highest BCUT2D eigenvalue weighted by Crippen LogP contribution is 2.38. The lowest BCUT2D eigenvalue weighted by Crippen LogP contribution is -2.31. The molecule has 0 saturated heterocycles. The Bertz CT molecular complexity index is 417. The normalized spacial score (nSPS) is 15.1. The molecule has 0 aliphatic carbocycles. The fraction of sp³-hybridized carbons (Fsp3) is 0.364. The summed E-state index contributed by atoms with van der Waals surface area (Å²) in [6.07, 6.45) is 1.30. The molecule has 0 N–H and O–H groups in total. The Balaban J connectivity index is 2.58. The predicted octanol–water partition coefficient (Wildman–Crippen LogP) is 2.37. The Morgan fingerprint density at radius 2 is 2.13 bits per heavy atom. The van der Waals surface area contributed by atoms with Crippen LogP contribution in [0.2, 0.25) is 0 Å². The van der Waals surface area contributed by atoms with E-state index in [-0.39, 0.29) is 5.91 Å². The van der Waals surface area contributed by atoms with Gasteiger partial charge in [-0.25, -0.2) is 0 Å². The minimum Gasteiger partial charge on any atom is -0.495 e. The van der Waals surface area contributed by atoms with Gasteiger partial charge in [-0.3, -0.25) is 4.79 Å². The van der Waals surface area contributed by atoms with Crippen LogP contribution in [0, 0.1) is 0 Å². The highest BCUT2D eigenvalue weighted by atomic mass is 79.9. The van der Waals surface area contributed by atoms with Gasteiger partial charge in [0, 0.05) is 19.0 Å². The molecule has 1 aliphatic heterocycles. The van der Waals surface area contributed by atoms with Crippen LogP contribution in [0.5, 0.6) is 5.75 Å². The molecule has 1 aromatic carbocycles. The zero-order valence-corrected chi connectivity index (χ0v) is 10.3. The van der Waals surface area contributed by atoms with E-state index in [9.17, 15) is 4.79 Å². The van der Waals surface area contributed by atoms with Crippen LogP contribution in [0.25, 0.3) is 0 Å². The first kappa shape index (κ1) is 10.5. The number of methoxy groups -OCH3 is 1. The van der Waals surface area contributed by atoms with Crippen molar-refractivity contribution in [2.75, 3.05) is 19.1 Å². The average molecular weight is 270 g/mol. The molecule has 0 saturated carbocycles. The maximum absolute atomic E-state index is 11.5. The maximum atomic E-state index is 11.5. The van der Waals surface area contributed by atoms with Crippen LogP contribution in [0.3, 0.4) is 0 Å². The second-order valence-electron chi connectivity index (χ2n) is 3.53. The lowest BCUT2D eigenvalue weighted by molar-refractivity contribution is -0.118. The number of anilines is 1. The third-order valence-corrected chi connectivity index (χ3v) is 3.34. The third-order valence-electron chi connectivity index (χ3n) is 2.72. The van der Waals surface area contributed by atoms with Gasteiger partial charge < -0.3 is 9.64 Å². The summed E-state index contributed by atoms with van der Waals surface area (Å²) in [4.78, 5) is 13.2. The number of ether oxygens (including phenoxy) is 1. The van der Waals surface area contributed by atoms with Gasteiger partial charge in [0.05, 0.1) is 17.3 Å². The predicted molar refractivity (Wildman–Crippen MR) is 62.4 cm³/mol. The van der Waals surface area contributed by atoms with Crippen LogP contribution in [0.4, 0.5) is 5.69 Å². The first-order chi connectivity index (χ1) is 7.15. The molecule has 0 fully saturated rings. The number of hydrogen-bond acceptors (Lipinski definition) is 2. The molecule has 0 radical (unpaired) electrons. The molecule has 0 bridgehead atoms. The number of fused-ring (bicyclic) bond motifs is 1.